The number of hydrogen-bond acceptors (Lipinski definition) is 4. The second kappa shape index (κ2) is 12.2. The van der Waals surface area contributed by atoms with Crippen molar-refractivity contribution in [2.45, 2.75) is 82.3 Å². The van der Waals surface area contributed by atoms with Crippen molar-refractivity contribution in [3.63, 3.8) is 0 Å². The summed E-state index contributed by atoms with van der Waals surface area (Å²) in [5, 5.41) is 0.918. The number of amides is 1. The lowest BCUT2D eigenvalue weighted by atomic mass is 9.61. The summed E-state index contributed by atoms with van der Waals surface area (Å²) >= 11 is 1.77. The molecule has 4 aliphatic rings. The van der Waals surface area contributed by atoms with E-state index in [0.717, 1.165) is 68.2 Å². The van der Waals surface area contributed by atoms with Crippen LogP contribution in [0.1, 0.15) is 72.8 Å². The largest absolute Gasteiger partial charge is 0.381 e. The highest BCUT2D eigenvalue weighted by Crippen LogP contribution is 2.62. The van der Waals surface area contributed by atoms with Crippen molar-refractivity contribution >= 4 is 22.8 Å². The van der Waals surface area contributed by atoms with E-state index in [9.17, 15) is 0 Å². The van der Waals surface area contributed by atoms with Crippen LogP contribution in [0, 0.1) is 11.3 Å². The van der Waals surface area contributed by atoms with Crippen molar-refractivity contribution in [1.29, 1.82) is 0 Å². The van der Waals surface area contributed by atoms with Gasteiger partial charge in [-0.2, -0.15) is 0 Å². The summed E-state index contributed by atoms with van der Waals surface area (Å²) in [6.07, 6.45) is 12.0. The average molecular weight is 593 g/mol. The predicted molar refractivity (Wildman–Crippen MR) is 176 cm³/mol. The number of aliphatic imine (C=N–C) groups is 1. The molecule has 0 saturated heterocycles. The molecule has 7 rings (SSSR count). The Morgan fingerprint density at radius 2 is 1.56 bits per heavy atom. The van der Waals surface area contributed by atoms with Gasteiger partial charge in [0, 0.05) is 24.8 Å². The van der Waals surface area contributed by atoms with Crippen molar-refractivity contribution in [3.8, 4) is 0 Å². The molecule has 0 bridgehead atoms. The van der Waals surface area contributed by atoms with Crippen LogP contribution in [0.5, 0.6) is 0 Å². The zero-order valence-corrected chi connectivity index (χ0v) is 26.3. The lowest BCUT2D eigenvalue weighted by Gasteiger charge is -2.45. The molecule has 0 radical (unpaired) electrons. The summed E-state index contributed by atoms with van der Waals surface area (Å²) in [5.41, 5.74) is 5.47. The summed E-state index contributed by atoms with van der Waals surface area (Å²) in [5.74, 6) is 2.01. The maximum atomic E-state index is 15.1. The first-order chi connectivity index (χ1) is 21.1. The van der Waals surface area contributed by atoms with E-state index in [1.807, 2.05) is 7.11 Å². The smallest absolute Gasteiger partial charge is 0.261 e. The van der Waals surface area contributed by atoms with E-state index >= 15 is 4.79 Å². The summed E-state index contributed by atoms with van der Waals surface area (Å²) in [4.78, 5) is 22.9. The maximum Gasteiger partial charge on any atom is 0.261 e. The van der Waals surface area contributed by atoms with Gasteiger partial charge in [0.1, 0.15) is 0 Å². The van der Waals surface area contributed by atoms with Gasteiger partial charge in [-0.3, -0.25) is 9.69 Å². The molecule has 3 aromatic carbocycles. The van der Waals surface area contributed by atoms with Crippen LogP contribution < -0.4 is 0 Å². The molecular weight excluding hydrogens is 548 g/mol. The molecular formula is C38H44N2O2S. The van der Waals surface area contributed by atoms with Crippen LogP contribution in [0.15, 0.2) is 83.9 Å². The molecule has 1 atom stereocenters. The Kier molecular flexibility index (Phi) is 8.22. The summed E-state index contributed by atoms with van der Waals surface area (Å²) in [6.45, 7) is 0.662. The number of ether oxygens (including phenoxy) is 1. The molecule has 1 unspecified atom stereocenters. The first-order valence-electron chi connectivity index (χ1n) is 16.4. The molecule has 2 saturated carbocycles. The Morgan fingerprint density at radius 1 is 0.860 bits per heavy atom. The molecule has 5 heteroatoms. The van der Waals surface area contributed by atoms with Crippen LogP contribution in [0.3, 0.4) is 0 Å². The summed E-state index contributed by atoms with van der Waals surface area (Å²) in [6, 6.07) is 28.3. The number of hydrogen-bond donors (Lipinski definition) is 0. The number of methoxy groups -OCH3 is 1. The monoisotopic (exact) mass is 592 g/mol. The molecule has 1 heterocycles. The molecule has 4 nitrogen and oxygen atoms in total. The Balaban J connectivity index is 1.25. The number of amidine groups is 1. The van der Waals surface area contributed by atoms with Gasteiger partial charge in [0.2, 0.25) is 0 Å². The molecule has 1 amide bonds. The minimum Gasteiger partial charge on any atom is -0.381 e. The van der Waals surface area contributed by atoms with Gasteiger partial charge < -0.3 is 4.74 Å². The van der Waals surface area contributed by atoms with E-state index in [-0.39, 0.29) is 17.4 Å². The van der Waals surface area contributed by atoms with Gasteiger partial charge in [0.05, 0.1) is 6.10 Å². The molecule has 1 aliphatic heterocycles. The topological polar surface area (TPSA) is 41.9 Å². The van der Waals surface area contributed by atoms with E-state index in [4.69, 9.17) is 9.73 Å². The molecule has 0 aromatic heterocycles. The minimum absolute atomic E-state index is 0.191. The molecule has 43 heavy (non-hydrogen) atoms. The summed E-state index contributed by atoms with van der Waals surface area (Å²) in [7, 11) is 1.83. The van der Waals surface area contributed by atoms with E-state index in [0.29, 0.717) is 6.54 Å². The van der Waals surface area contributed by atoms with Crippen LogP contribution in [-0.2, 0) is 40.8 Å². The van der Waals surface area contributed by atoms with Gasteiger partial charge in [-0.15, -0.1) is 0 Å². The van der Waals surface area contributed by atoms with Crippen molar-refractivity contribution in [3.05, 3.63) is 107 Å². The van der Waals surface area contributed by atoms with Gasteiger partial charge in [-0.25, -0.2) is 4.99 Å². The van der Waals surface area contributed by atoms with Gasteiger partial charge in [0.15, 0.2) is 10.7 Å². The molecule has 0 N–H and O–H groups in total. The van der Waals surface area contributed by atoms with Crippen LogP contribution >= 0.6 is 11.8 Å². The van der Waals surface area contributed by atoms with Crippen molar-refractivity contribution < 1.29 is 9.53 Å². The van der Waals surface area contributed by atoms with E-state index < -0.39 is 5.54 Å². The number of carbonyl (C=O) groups is 1. The number of aryl methyl sites for hydroxylation is 2. The molecule has 2 fully saturated rings. The Hall–Kier alpha value is -2.89. The van der Waals surface area contributed by atoms with Gasteiger partial charge >= 0.3 is 0 Å². The van der Waals surface area contributed by atoms with E-state index in [1.165, 1.54) is 47.1 Å². The Bertz CT molecular complexity index is 1460. The standard InChI is InChI=1S/C38H44N2O2S/c1-42-33-18-22-37(23-19-33)27-32-17-16-31(15-14-30-12-13-30)26-34(32)38(37)35(41)40(24-20-28-8-4-2-5-9-28)36(39-38)43-25-21-29-10-6-3-7-11-29/h2-11,16-17,26,30,33H,12-15,18-25,27H2,1H3. The third kappa shape index (κ3) is 5.60. The minimum atomic E-state index is -0.831. The van der Waals surface area contributed by atoms with Crippen LogP contribution in [0.2, 0.25) is 0 Å². The SMILES string of the molecule is COC1CCC2(CC1)Cc1ccc(CCC3CC3)cc1C21N=C(SCCc2ccccc2)N(CCc2ccccc2)C1=O. The quantitative estimate of drug-likeness (QED) is 0.242. The van der Waals surface area contributed by atoms with Crippen molar-refractivity contribution in [2.75, 3.05) is 19.4 Å². The first-order valence-corrected chi connectivity index (χ1v) is 17.4. The van der Waals surface area contributed by atoms with Crippen molar-refractivity contribution in [1.82, 2.24) is 4.90 Å². The fraction of sp³-hybridized carbons (Fsp3) is 0.474. The van der Waals surface area contributed by atoms with E-state index in [1.54, 1.807) is 11.8 Å². The molecule has 3 aromatic rings. The number of nitrogens with zero attached hydrogens (tertiary/aromatic N) is 2. The molecule has 2 spiro atoms. The van der Waals surface area contributed by atoms with Gasteiger partial charge in [-0.05, 0) is 91.5 Å². The van der Waals surface area contributed by atoms with E-state index in [2.05, 4.69) is 83.8 Å². The number of benzene rings is 3. The van der Waals surface area contributed by atoms with Crippen LogP contribution in [0.25, 0.3) is 0 Å². The second-order valence-electron chi connectivity index (χ2n) is 13.2. The third-order valence-electron chi connectivity index (χ3n) is 10.6. The predicted octanol–water partition coefficient (Wildman–Crippen LogP) is 7.77. The molecule has 3 aliphatic carbocycles. The number of thioether (sulfide) groups is 1. The fourth-order valence-corrected chi connectivity index (χ4v) is 8.95. The lowest BCUT2D eigenvalue weighted by molar-refractivity contribution is -0.138. The van der Waals surface area contributed by atoms with Crippen molar-refractivity contribution in [2.24, 2.45) is 16.3 Å². The highest BCUT2D eigenvalue weighted by molar-refractivity contribution is 8.13. The highest BCUT2D eigenvalue weighted by Gasteiger charge is 2.66. The fourth-order valence-electron chi connectivity index (χ4n) is 7.90. The Morgan fingerprint density at radius 3 is 2.23 bits per heavy atom. The third-order valence-corrected chi connectivity index (χ3v) is 11.6. The summed E-state index contributed by atoms with van der Waals surface area (Å²) < 4.78 is 5.82. The number of carbonyl (C=O) groups excluding carboxylic acids is 1. The zero-order chi connectivity index (χ0) is 29.3. The highest BCUT2D eigenvalue weighted by atomic mass is 32.2. The first kappa shape index (κ1) is 28.9. The zero-order valence-electron chi connectivity index (χ0n) is 25.5. The second-order valence-corrected chi connectivity index (χ2v) is 14.3. The van der Waals surface area contributed by atoms with Crippen LogP contribution in [0.4, 0.5) is 0 Å². The molecule has 224 valence electrons. The number of rotatable bonds is 10. The van der Waals surface area contributed by atoms with Gasteiger partial charge in [-0.1, -0.05) is 103 Å². The maximum absolute atomic E-state index is 15.1. The van der Waals surface area contributed by atoms with Crippen LogP contribution in [-0.4, -0.2) is 41.5 Å². The lowest BCUT2D eigenvalue weighted by Crippen LogP contribution is -2.52. The number of fused-ring (bicyclic) bond motifs is 3. The average Bonchev–Trinajstić information content (AvgIpc) is 3.79. The Labute approximate surface area is 261 Å². The normalized spacial score (nSPS) is 26.3. The van der Waals surface area contributed by atoms with Gasteiger partial charge in [0.25, 0.3) is 5.91 Å².